The van der Waals surface area contributed by atoms with Gasteiger partial charge >= 0.3 is 10.4 Å². The predicted octanol–water partition coefficient (Wildman–Crippen LogP) is -2.84. The summed E-state index contributed by atoms with van der Waals surface area (Å²) in [6, 6.07) is -1.66. The number of hydrogen-bond acceptors (Lipinski definition) is 12. The molecule has 0 aromatic heterocycles. The van der Waals surface area contributed by atoms with E-state index in [1.54, 1.807) is 0 Å². The standard InChI is InChI=1S/C4H14N4O4S.5C2H4O2/c5-1-2(6)3(7)4(8)12-13(9,10)11;5*1-2(3)4/h2-4H,1,5-8H2,(H,9,10,11);5*1H3,(H,3,4). The summed E-state index contributed by atoms with van der Waals surface area (Å²) in [7, 11) is -4.61. The van der Waals surface area contributed by atoms with Crippen molar-refractivity contribution in [2.75, 3.05) is 6.54 Å². The second kappa shape index (κ2) is 27.1. The fraction of sp³-hybridized carbons (Fsp3) is 0.643. The second-order valence-electron chi connectivity index (χ2n) is 5.06. The molecule has 0 heterocycles. The first kappa shape index (κ1) is 43.9. The minimum absolute atomic E-state index is 0.0315. The smallest absolute Gasteiger partial charge is 0.398 e. The Labute approximate surface area is 190 Å². The summed E-state index contributed by atoms with van der Waals surface area (Å²) in [5.41, 5.74) is 21.0. The van der Waals surface area contributed by atoms with Crippen LogP contribution in [0.5, 0.6) is 0 Å². The van der Waals surface area contributed by atoms with Gasteiger partial charge in [-0.15, -0.1) is 0 Å². The SMILES string of the molecule is CC(=O)O.CC(=O)O.CC(=O)O.CC(=O)O.CC(=O)O.NCC(N)C(N)C(N)OS(=O)(=O)O. The van der Waals surface area contributed by atoms with Crippen LogP contribution >= 0.6 is 0 Å². The molecule has 0 rings (SSSR count). The maximum absolute atomic E-state index is 10.2. The van der Waals surface area contributed by atoms with Crippen LogP contribution < -0.4 is 22.9 Å². The molecule has 0 bridgehead atoms. The molecule has 0 spiro atoms. The molecule has 200 valence electrons. The fourth-order valence-electron chi connectivity index (χ4n) is 0.605. The summed E-state index contributed by atoms with van der Waals surface area (Å²) in [5.74, 6) is -4.17. The summed E-state index contributed by atoms with van der Waals surface area (Å²) in [5, 5.41) is 37.1. The van der Waals surface area contributed by atoms with Gasteiger partial charge in [-0.2, -0.15) is 8.42 Å². The van der Waals surface area contributed by atoms with Crippen molar-refractivity contribution in [2.24, 2.45) is 22.9 Å². The van der Waals surface area contributed by atoms with Gasteiger partial charge in [-0.25, -0.2) is 4.18 Å². The van der Waals surface area contributed by atoms with Gasteiger partial charge in [0.1, 0.15) is 6.23 Å². The third kappa shape index (κ3) is 146. The van der Waals surface area contributed by atoms with Crippen LogP contribution in [0.4, 0.5) is 0 Å². The van der Waals surface area contributed by atoms with Gasteiger partial charge in [0.2, 0.25) is 0 Å². The lowest BCUT2D eigenvalue weighted by atomic mass is 10.1. The first-order valence-electron chi connectivity index (χ1n) is 8.04. The van der Waals surface area contributed by atoms with Crippen LogP contribution in [0.3, 0.4) is 0 Å². The van der Waals surface area contributed by atoms with Crippen molar-refractivity contribution in [1.29, 1.82) is 0 Å². The molecule has 3 atom stereocenters. The fourth-order valence-corrected chi connectivity index (χ4v) is 1.01. The molecule has 0 saturated carbocycles. The Morgan fingerprint density at radius 1 is 0.697 bits per heavy atom. The van der Waals surface area contributed by atoms with Gasteiger partial charge in [0.15, 0.2) is 0 Å². The topological polar surface area (TPSA) is 354 Å². The van der Waals surface area contributed by atoms with Gasteiger partial charge in [-0.05, 0) is 0 Å². The first-order chi connectivity index (χ1) is 14.4. The Bertz CT molecular complexity index is 567. The number of aliphatic carboxylic acids is 5. The van der Waals surface area contributed by atoms with Crippen molar-refractivity contribution >= 4 is 40.2 Å². The minimum Gasteiger partial charge on any atom is -0.481 e. The largest absolute Gasteiger partial charge is 0.481 e. The Balaban J connectivity index is -0.0000000754. The van der Waals surface area contributed by atoms with Crippen LogP contribution in [0.1, 0.15) is 34.6 Å². The Morgan fingerprint density at radius 3 is 1.00 bits per heavy atom. The zero-order valence-corrected chi connectivity index (χ0v) is 19.4. The third-order valence-electron chi connectivity index (χ3n) is 1.38. The van der Waals surface area contributed by atoms with Gasteiger partial charge < -0.3 is 48.5 Å². The van der Waals surface area contributed by atoms with E-state index < -0.39 is 58.6 Å². The second-order valence-corrected chi connectivity index (χ2v) is 6.11. The number of carboxylic acids is 5. The van der Waals surface area contributed by atoms with Crippen molar-refractivity contribution in [2.45, 2.75) is 52.9 Å². The number of hydrogen-bond donors (Lipinski definition) is 10. The molecule has 19 heteroatoms. The van der Waals surface area contributed by atoms with Gasteiger partial charge in [0, 0.05) is 47.2 Å². The summed E-state index contributed by atoms with van der Waals surface area (Å²) in [6.07, 6.45) is -1.41. The van der Waals surface area contributed by atoms with E-state index >= 15 is 0 Å². The van der Waals surface area contributed by atoms with Gasteiger partial charge in [-0.1, -0.05) is 0 Å². The minimum atomic E-state index is -4.61. The average Bonchev–Trinajstić information content (AvgIpc) is 2.48. The van der Waals surface area contributed by atoms with Crippen molar-refractivity contribution in [3.63, 3.8) is 0 Å². The molecule has 33 heavy (non-hydrogen) atoms. The first-order valence-corrected chi connectivity index (χ1v) is 9.41. The molecule has 0 radical (unpaired) electrons. The van der Waals surface area contributed by atoms with E-state index in [1.807, 2.05) is 0 Å². The molecule has 14 N–H and O–H groups in total. The summed E-state index contributed by atoms with van der Waals surface area (Å²) < 4.78 is 32.6. The zero-order chi connectivity index (χ0) is 28.5. The van der Waals surface area contributed by atoms with Gasteiger partial charge in [-0.3, -0.25) is 28.5 Å². The maximum atomic E-state index is 10.2. The molecule has 0 aliphatic rings. The predicted molar refractivity (Wildman–Crippen MR) is 112 cm³/mol. The number of nitrogens with two attached hydrogens (primary N) is 4. The maximum Gasteiger partial charge on any atom is 0.398 e. The van der Waals surface area contributed by atoms with E-state index in [-0.39, 0.29) is 6.54 Å². The Morgan fingerprint density at radius 2 is 0.879 bits per heavy atom. The van der Waals surface area contributed by atoms with E-state index in [1.165, 1.54) is 0 Å². The monoisotopic (exact) mass is 514 g/mol. The van der Waals surface area contributed by atoms with Gasteiger partial charge in [0.25, 0.3) is 29.8 Å². The van der Waals surface area contributed by atoms with E-state index in [4.69, 9.17) is 77.0 Å². The van der Waals surface area contributed by atoms with Crippen LogP contribution in [0, 0.1) is 0 Å². The molecule has 0 amide bonds. The van der Waals surface area contributed by atoms with Crippen molar-refractivity contribution < 1.29 is 66.7 Å². The quantitative estimate of drug-likeness (QED) is 0.130. The van der Waals surface area contributed by atoms with E-state index in [9.17, 15) is 8.42 Å². The molecule has 0 aliphatic carbocycles. The molecule has 3 unspecified atom stereocenters. The van der Waals surface area contributed by atoms with Crippen molar-refractivity contribution in [1.82, 2.24) is 0 Å². The number of carbonyl (C=O) groups is 5. The number of carboxylic acid groups (broad SMARTS) is 5. The molecular formula is C14H34N4O14S. The molecule has 18 nitrogen and oxygen atoms in total. The third-order valence-corrected chi connectivity index (χ3v) is 1.84. The average molecular weight is 515 g/mol. The highest BCUT2D eigenvalue weighted by atomic mass is 32.3. The lowest BCUT2D eigenvalue weighted by molar-refractivity contribution is -0.135. The molecule has 0 aromatic carbocycles. The van der Waals surface area contributed by atoms with E-state index in [0.29, 0.717) is 0 Å². The molecule has 0 saturated heterocycles. The molecule has 0 aromatic rings. The highest BCUT2D eigenvalue weighted by molar-refractivity contribution is 7.80. The van der Waals surface area contributed by atoms with Crippen LogP contribution in [0.25, 0.3) is 0 Å². The van der Waals surface area contributed by atoms with Crippen LogP contribution in [-0.4, -0.2) is 93.2 Å². The van der Waals surface area contributed by atoms with Gasteiger partial charge in [0.05, 0.1) is 6.04 Å². The van der Waals surface area contributed by atoms with Crippen LogP contribution in [0.2, 0.25) is 0 Å². The Kier molecular flexibility index (Phi) is 36.0. The lowest BCUT2D eigenvalue weighted by Crippen LogP contribution is -2.57. The Hall–Kier alpha value is -2.94. The highest BCUT2D eigenvalue weighted by Gasteiger charge is 2.24. The molecular weight excluding hydrogens is 480 g/mol. The summed E-state index contributed by atoms with van der Waals surface area (Å²) in [4.78, 5) is 45.0. The molecule has 0 aliphatic heterocycles. The number of rotatable bonds is 5. The van der Waals surface area contributed by atoms with E-state index in [0.717, 1.165) is 34.6 Å². The van der Waals surface area contributed by atoms with E-state index in [2.05, 4.69) is 4.18 Å². The highest BCUT2D eigenvalue weighted by Crippen LogP contribution is 1.97. The summed E-state index contributed by atoms with van der Waals surface area (Å²) in [6.45, 7) is 5.45. The van der Waals surface area contributed by atoms with Crippen LogP contribution in [0.15, 0.2) is 0 Å². The summed E-state index contributed by atoms with van der Waals surface area (Å²) >= 11 is 0. The van der Waals surface area contributed by atoms with Crippen molar-refractivity contribution in [3.05, 3.63) is 0 Å². The molecule has 0 fully saturated rings. The van der Waals surface area contributed by atoms with Crippen molar-refractivity contribution in [3.8, 4) is 0 Å². The lowest BCUT2D eigenvalue weighted by Gasteiger charge is -2.22. The zero-order valence-electron chi connectivity index (χ0n) is 18.6. The normalized spacial score (nSPS) is 11.5. The van der Waals surface area contributed by atoms with Crippen LogP contribution in [-0.2, 0) is 38.6 Å².